The van der Waals surface area contributed by atoms with Gasteiger partial charge >= 0.3 is 0 Å². The van der Waals surface area contributed by atoms with Crippen LogP contribution in [0.15, 0.2) is 41.3 Å². The number of aryl methyl sites for hydroxylation is 1. The molecule has 0 saturated carbocycles. The Morgan fingerprint density at radius 3 is 2.57 bits per heavy atom. The lowest BCUT2D eigenvalue weighted by Crippen LogP contribution is -2.48. The van der Waals surface area contributed by atoms with Crippen LogP contribution in [-0.2, 0) is 10.0 Å². The lowest BCUT2D eigenvalue weighted by atomic mass is 10.0. The molecule has 1 aliphatic rings. The number of β-amino-alcohol motifs (C(OH)–C–C–N with tert-alkyl or cyclic N) is 1. The third-order valence-electron chi connectivity index (χ3n) is 4.95. The number of nitriles is 2. The molecule has 10 heteroatoms. The number of benzene rings is 2. The second-order valence-electron chi connectivity index (χ2n) is 7.01. The molecule has 2 atom stereocenters. The number of aliphatic hydroxyl groups excluding tert-OH is 1. The molecule has 1 saturated heterocycles. The van der Waals surface area contributed by atoms with Crippen LogP contribution in [0.4, 0.5) is 4.39 Å². The van der Waals surface area contributed by atoms with Crippen LogP contribution in [0.2, 0.25) is 0 Å². The summed E-state index contributed by atoms with van der Waals surface area (Å²) in [5.41, 5.74) is -1.44. The van der Waals surface area contributed by atoms with Crippen LogP contribution in [-0.4, -0.2) is 54.3 Å². The van der Waals surface area contributed by atoms with E-state index in [1.807, 2.05) is 6.07 Å². The van der Waals surface area contributed by atoms with Crippen LogP contribution in [0.5, 0.6) is 5.75 Å². The monoisotopic (exact) mass is 431 g/mol. The summed E-state index contributed by atoms with van der Waals surface area (Å²) in [5.74, 6) is -0.838. The topological polar surface area (TPSA) is 135 Å². The largest absolute Gasteiger partial charge is 0.486 e. The van der Waals surface area contributed by atoms with Crippen molar-refractivity contribution in [2.24, 2.45) is 0 Å². The van der Waals surface area contributed by atoms with Crippen LogP contribution in [0.1, 0.15) is 16.7 Å². The van der Waals surface area contributed by atoms with Crippen molar-refractivity contribution in [2.45, 2.75) is 23.5 Å². The molecule has 0 aromatic heterocycles. The maximum Gasteiger partial charge on any atom is 0.243 e. The highest BCUT2D eigenvalue weighted by atomic mass is 32.2. The van der Waals surface area contributed by atoms with Gasteiger partial charge in [-0.25, -0.2) is 12.8 Å². The molecule has 8 nitrogen and oxygen atoms in total. The van der Waals surface area contributed by atoms with Crippen molar-refractivity contribution >= 4 is 10.0 Å². The zero-order chi connectivity index (χ0) is 22.1. The van der Waals surface area contributed by atoms with Gasteiger partial charge in [-0.05, 0) is 42.8 Å². The number of nitrogens with zero attached hydrogens (tertiary/aromatic N) is 3. The molecule has 1 aliphatic heterocycles. The summed E-state index contributed by atoms with van der Waals surface area (Å²) in [5, 5.41) is 38.2. The zero-order valence-corrected chi connectivity index (χ0v) is 16.7. The Bertz CT molecular complexity index is 1170. The molecule has 0 bridgehead atoms. The van der Waals surface area contributed by atoms with Crippen molar-refractivity contribution in [3.05, 3.63) is 58.9 Å². The van der Waals surface area contributed by atoms with Gasteiger partial charge < -0.3 is 14.9 Å². The summed E-state index contributed by atoms with van der Waals surface area (Å²) < 4.78 is 46.6. The molecule has 2 N–H and O–H groups in total. The summed E-state index contributed by atoms with van der Waals surface area (Å²) in [4.78, 5) is -0.0353. The maximum absolute atomic E-state index is 13.8. The van der Waals surface area contributed by atoms with Gasteiger partial charge in [0.15, 0.2) is 0 Å². The Morgan fingerprint density at radius 1 is 1.27 bits per heavy atom. The van der Waals surface area contributed by atoms with Crippen LogP contribution in [0.3, 0.4) is 0 Å². The average Bonchev–Trinajstić information content (AvgIpc) is 3.05. The number of ether oxygens (including phenoxy) is 1. The molecule has 0 radical (unpaired) electrons. The number of aliphatic hydroxyl groups is 2. The molecule has 2 aromatic rings. The second kappa shape index (κ2) is 8.01. The predicted octanol–water partition coefficient (Wildman–Crippen LogP) is 1.05. The van der Waals surface area contributed by atoms with Gasteiger partial charge in [-0.3, -0.25) is 0 Å². The minimum absolute atomic E-state index is 0.0165. The summed E-state index contributed by atoms with van der Waals surface area (Å²) in [7, 11) is -4.06. The van der Waals surface area contributed by atoms with Gasteiger partial charge in [0.2, 0.25) is 10.0 Å². The van der Waals surface area contributed by atoms with E-state index in [-0.39, 0.29) is 22.8 Å². The fraction of sp³-hybridized carbons (Fsp3) is 0.300. The third kappa shape index (κ3) is 3.86. The van der Waals surface area contributed by atoms with E-state index in [1.54, 1.807) is 13.0 Å². The van der Waals surface area contributed by atoms with Crippen molar-refractivity contribution in [3.63, 3.8) is 0 Å². The van der Waals surface area contributed by atoms with Crippen LogP contribution < -0.4 is 4.74 Å². The molecular weight excluding hydrogens is 413 g/mol. The fourth-order valence-electron chi connectivity index (χ4n) is 3.28. The first-order valence-electron chi connectivity index (χ1n) is 8.85. The van der Waals surface area contributed by atoms with E-state index in [0.29, 0.717) is 11.1 Å². The van der Waals surface area contributed by atoms with Gasteiger partial charge in [-0.2, -0.15) is 14.8 Å². The van der Waals surface area contributed by atoms with Crippen LogP contribution in [0, 0.1) is 35.4 Å². The van der Waals surface area contributed by atoms with E-state index in [9.17, 15) is 23.0 Å². The minimum atomic E-state index is -4.06. The maximum atomic E-state index is 13.8. The second-order valence-corrected chi connectivity index (χ2v) is 8.92. The van der Waals surface area contributed by atoms with Gasteiger partial charge in [-0.15, -0.1) is 0 Å². The first-order chi connectivity index (χ1) is 14.1. The van der Waals surface area contributed by atoms with Gasteiger partial charge in [0.1, 0.15) is 29.3 Å². The predicted molar refractivity (Wildman–Crippen MR) is 102 cm³/mol. The van der Waals surface area contributed by atoms with E-state index < -0.39 is 40.7 Å². The van der Waals surface area contributed by atoms with Crippen LogP contribution in [0.25, 0.3) is 0 Å². The molecule has 0 amide bonds. The Hall–Kier alpha value is -3.02. The van der Waals surface area contributed by atoms with E-state index >= 15 is 0 Å². The fourth-order valence-corrected chi connectivity index (χ4v) is 4.99. The Morgan fingerprint density at radius 2 is 2.00 bits per heavy atom. The molecule has 1 heterocycles. The van der Waals surface area contributed by atoms with Crippen molar-refractivity contribution in [2.75, 3.05) is 19.7 Å². The molecule has 2 aromatic carbocycles. The molecule has 156 valence electrons. The quantitative estimate of drug-likeness (QED) is 0.722. The highest BCUT2D eigenvalue weighted by Gasteiger charge is 2.51. The van der Waals surface area contributed by atoms with Gasteiger partial charge in [0.05, 0.1) is 35.2 Å². The van der Waals surface area contributed by atoms with Gasteiger partial charge in [-0.1, -0.05) is 0 Å². The van der Waals surface area contributed by atoms with E-state index in [0.717, 1.165) is 10.4 Å². The lowest BCUT2D eigenvalue weighted by Gasteiger charge is -2.27. The smallest absolute Gasteiger partial charge is 0.243 e. The molecular formula is C20H18FN3O5S. The molecule has 3 rings (SSSR count). The number of hydrogen-bond acceptors (Lipinski definition) is 7. The van der Waals surface area contributed by atoms with Gasteiger partial charge in [0.25, 0.3) is 0 Å². The van der Waals surface area contributed by atoms with Crippen LogP contribution >= 0.6 is 0 Å². The summed E-state index contributed by atoms with van der Waals surface area (Å²) in [6.07, 6.45) is -1.18. The molecule has 30 heavy (non-hydrogen) atoms. The first kappa shape index (κ1) is 21.7. The molecule has 1 unspecified atom stereocenters. The lowest BCUT2D eigenvalue weighted by molar-refractivity contribution is -0.0641. The first-order valence-corrected chi connectivity index (χ1v) is 10.3. The standard InChI is InChI=1S/C20H18FN3O5S/c1-13-6-14(8-22)2-5-18(13)30(27,28)24-10-19(20(26,11-24)12-25)29-16-4-3-15(9-23)17(21)7-16/h2-7,19,25-26H,10-12H2,1H3/t19?,20-/m1/s1. The van der Waals surface area contributed by atoms with E-state index in [2.05, 4.69) is 0 Å². The number of hydrogen-bond donors (Lipinski definition) is 2. The van der Waals surface area contributed by atoms with Crippen molar-refractivity contribution in [1.29, 1.82) is 10.5 Å². The van der Waals surface area contributed by atoms with Crippen molar-refractivity contribution in [1.82, 2.24) is 4.31 Å². The summed E-state index contributed by atoms with van der Waals surface area (Å²) in [6, 6.07) is 11.2. The molecule has 0 aliphatic carbocycles. The SMILES string of the molecule is Cc1cc(C#N)ccc1S(=O)(=O)N1CC(Oc2ccc(C#N)c(F)c2)[C@](O)(CO)C1. The highest BCUT2D eigenvalue weighted by molar-refractivity contribution is 7.89. The zero-order valence-electron chi connectivity index (χ0n) is 15.9. The minimum Gasteiger partial charge on any atom is -0.486 e. The normalized spacial score (nSPS) is 21.7. The average molecular weight is 431 g/mol. The van der Waals surface area contributed by atoms with Gasteiger partial charge in [0, 0.05) is 12.6 Å². The van der Waals surface area contributed by atoms with E-state index in [1.165, 1.54) is 30.3 Å². The Balaban J connectivity index is 1.90. The van der Waals surface area contributed by atoms with Crippen molar-refractivity contribution < 1.29 is 27.8 Å². The Kier molecular flexibility index (Phi) is 5.79. The number of halogens is 1. The Labute approximate surface area is 173 Å². The number of sulfonamides is 1. The van der Waals surface area contributed by atoms with E-state index in [4.69, 9.17) is 15.3 Å². The highest BCUT2D eigenvalue weighted by Crippen LogP contribution is 2.32. The number of rotatable bonds is 5. The summed E-state index contributed by atoms with van der Waals surface area (Å²) >= 11 is 0. The molecule has 1 fully saturated rings. The molecule has 0 spiro atoms. The third-order valence-corrected chi connectivity index (χ3v) is 6.93. The van der Waals surface area contributed by atoms with Crippen molar-refractivity contribution in [3.8, 4) is 17.9 Å². The summed E-state index contributed by atoms with van der Waals surface area (Å²) in [6.45, 7) is 0.0412.